The van der Waals surface area contributed by atoms with E-state index in [9.17, 15) is 23.9 Å². The molecule has 1 N–H and O–H groups in total. The zero-order chi connectivity index (χ0) is 30.0. The van der Waals surface area contributed by atoms with Crippen LogP contribution in [0.5, 0.6) is 11.5 Å². The van der Waals surface area contributed by atoms with Crippen molar-refractivity contribution in [1.82, 2.24) is 4.98 Å². The molecule has 1 atom stereocenters. The van der Waals surface area contributed by atoms with E-state index < -0.39 is 29.3 Å². The quantitative estimate of drug-likeness (QED) is 0.105. The molecule has 3 aromatic carbocycles. The molecule has 4 aromatic rings. The van der Waals surface area contributed by atoms with Gasteiger partial charge in [-0.1, -0.05) is 47.7 Å². The van der Waals surface area contributed by atoms with Crippen LogP contribution in [0.2, 0.25) is 0 Å². The Bertz CT molecular complexity index is 1700. The fourth-order valence-corrected chi connectivity index (χ4v) is 5.73. The monoisotopic (exact) mass is 586 g/mol. The Labute approximate surface area is 245 Å². The first-order valence-corrected chi connectivity index (χ1v) is 14.0. The summed E-state index contributed by atoms with van der Waals surface area (Å²) in [6, 6.07) is 18.4. The van der Waals surface area contributed by atoms with Gasteiger partial charge in [0.05, 0.1) is 28.8 Å². The highest BCUT2D eigenvalue weighted by Crippen LogP contribution is 2.45. The van der Waals surface area contributed by atoms with Gasteiger partial charge in [-0.25, -0.2) is 9.37 Å². The smallest absolute Gasteiger partial charge is 0.301 e. The molecule has 0 radical (unpaired) electrons. The third kappa shape index (κ3) is 5.53. The van der Waals surface area contributed by atoms with Crippen LogP contribution in [0.15, 0.2) is 78.4 Å². The van der Waals surface area contributed by atoms with Gasteiger partial charge in [-0.3, -0.25) is 19.3 Å². The second kappa shape index (κ2) is 12.0. The molecular weight excluding hydrogens is 559 g/mol. The van der Waals surface area contributed by atoms with Crippen molar-refractivity contribution >= 4 is 39.7 Å². The number of amides is 1. The van der Waals surface area contributed by atoms with Crippen molar-refractivity contribution in [3.8, 4) is 11.5 Å². The Balaban J connectivity index is 1.65. The lowest BCUT2D eigenvalue weighted by molar-refractivity contribution is -0.132. The van der Waals surface area contributed by atoms with Crippen molar-refractivity contribution < 1.29 is 33.4 Å². The molecule has 1 aromatic heterocycles. The normalized spacial score (nSPS) is 16.1. The number of rotatable bonds is 9. The van der Waals surface area contributed by atoms with Crippen LogP contribution in [0.3, 0.4) is 0 Å². The second-order valence-electron chi connectivity index (χ2n) is 9.56. The number of Topliss-reactive ketones (excluding diaryl/α,β-unsaturated/α-hetero) is 2. The van der Waals surface area contributed by atoms with Gasteiger partial charge in [0.2, 0.25) is 0 Å². The van der Waals surface area contributed by atoms with Crippen molar-refractivity contribution in [2.24, 2.45) is 0 Å². The number of ketones is 2. The van der Waals surface area contributed by atoms with Gasteiger partial charge in [0.15, 0.2) is 22.4 Å². The van der Waals surface area contributed by atoms with Gasteiger partial charge in [-0.2, -0.15) is 0 Å². The summed E-state index contributed by atoms with van der Waals surface area (Å²) in [4.78, 5) is 45.1. The highest BCUT2D eigenvalue weighted by molar-refractivity contribution is 7.18. The van der Waals surface area contributed by atoms with Crippen LogP contribution in [0.1, 0.15) is 51.9 Å². The van der Waals surface area contributed by atoms with E-state index in [1.165, 1.54) is 24.0 Å². The van der Waals surface area contributed by atoms with E-state index in [4.69, 9.17) is 9.47 Å². The minimum atomic E-state index is -1.12. The fourth-order valence-electron chi connectivity index (χ4n) is 4.74. The van der Waals surface area contributed by atoms with Crippen LogP contribution in [-0.2, 0) is 16.2 Å². The van der Waals surface area contributed by atoms with Crippen LogP contribution in [0, 0.1) is 12.7 Å². The lowest BCUT2D eigenvalue weighted by Crippen LogP contribution is -2.29. The zero-order valence-electron chi connectivity index (χ0n) is 23.1. The first-order chi connectivity index (χ1) is 20.2. The van der Waals surface area contributed by atoms with E-state index in [-0.39, 0.29) is 28.7 Å². The number of halogens is 1. The third-order valence-corrected chi connectivity index (χ3v) is 7.95. The van der Waals surface area contributed by atoms with E-state index in [0.717, 1.165) is 29.0 Å². The van der Waals surface area contributed by atoms with Crippen molar-refractivity contribution in [3.63, 3.8) is 0 Å². The molecule has 1 aliphatic rings. The molecule has 1 unspecified atom stereocenters. The van der Waals surface area contributed by atoms with Gasteiger partial charge < -0.3 is 14.6 Å². The summed E-state index contributed by atoms with van der Waals surface area (Å²) in [6.07, 6.45) is 0. The van der Waals surface area contributed by atoms with Crippen molar-refractivity contribution in [2.45, 2.75) is 33.4 Å². The maximum absolute atomic E-state index is 13.6. The first kappa shape index (κ1) is 28.7. The third-order valence-electron chi connectivity index (χ3n) is 6.69. The molecule has 2 heterocycles. The summed E-state index contributed by atoms with van der Waals surface area (Å²) >= 11 is 0.986. The molecular formula is C32H27FN2O6S. The van der Waals surface area contributed by atoms with Crippen LogP contribution in [-0.4, -0.2) is 34.2 Å². The predicted octanol–water partition coefficient (Wildman–Crippen LogP) is 6.40. The molecule has 1 saturated heterocycles. The Morgan fingerprint density at radius 1 is 1.02 bits per heavy atom. The minimum absolute atomic E-state index is 0.130. The molecule has 0 bridgehead atoms. The van der Waals surface area contributed by atoms with Gasteiger partial charge in [0, 0.05) is 12.5 Å². The summed E-state index contributed by atoms with van der Waals surface area (Å²) in [5.74, 6) is -2.26. The van der Waals surface area contributed by atoms with Crippen LogP contribution < -0.4 is 14.4 Å². The van der Waals surface area contributed by atoms with Crippen LogP contribution in [0.4, 0.5) is 9.52 Å². The zero-order valence-corrected chi connectivity index (χ0v) is 23.9. The highest BCUT2D eigenvalue weighted by atomic mass is 32.1. The Morgan fingerprint density at radius 3 is 2.38 bits per heavy atom. The largest absolute Gasteiger partial charge is 0.507 e. The average Bonchev–Trinajstić information content (AvgIpc) is 3.49. The number of aromatic nitrogens is 1. The highest BCUT2D eigenvalue weighted by Gasteiger charge is 2.48. The number of aryl methyl sites for hydroxylation is 1. The van der Waals surface area contributed by atoms with E-state index in [2.05, 4.69) is 4.98 Å². The van der Waals surface area contributed by atoms with Gasteiger partial charge in [0.25, 0.3) is 5.78 Å². The molecule has 214 valence electrons. The number of benzene rings is 3. The summed E-state index contributed by atoms with van der Waals surface area (Å²) < 4.78 is 25.5. The molecule has 0 aliphatic carbocycles. The number of ether oxygens (including phenoxy) is 2. The number of carbonyl (C=O) groups is 3. The molecule has 5 rings (SSSR count). The minimum Gasteiger partial charge on any atom is -0.507 e. The standard InChI is InChI=1S/C32H27FN2O6S/c1-4-40-25-16-22(12-15-24(25)41-17-20-8-6-5-7-9-20)27-26(28(37)21-10-13-23(33)14-11-21)29(38)31(39)35(27)32-34-18(2)30(42-32)19(3)36/h5-16,27,37H,4,17H2,1-3H3/b28-26+. The molecule has 8 nitrogen and oxygen atoms in total. The second-order valence-corrected chi connectivity index (χ2v) is 10.5. The van der Waals surface area contributed by atoms with E-state index in [0.29, 0.717) is 34.2 Å². The van der Waals surface area contributed by atoms with E-state index >= 15 is 0 Å². The van der Waals surface area contributed by atoms with Gasteiger partial charge >= 0.3 is 5.91 Å². The number of aliphatic hydroxyl groups is 1. The summed E-state index contributed by atoms with van der Waals surface area (Å²) in [6.45, 7) is 5.46. The fraction of sp³-hybridized carbons (Fsp3) is 0.188. The lowest BCUT2D eigenvalue weighted by atomic mass is 9.95. The number of aliphatic hydroxyl groups excluding tert-OH is 1. The number of hydrogen-bond acceptors (Lipinski definition) is 8. The van der Waals surface area contributed by atoms with Crippen LogP contribution in [0.25, 0.3) is 5.76 Å². The Morgan fingerprint density at radius 2 is 1.74 bits per heavy atom. The SMILES string of the molecule is CCOc1cc(C2/C(=C(\O)c3ccc(F)cc3)C(=O)C(=O)N2c2nc(C)c(C(C)=O)s2)ccc1OCc1ccccc1. The number of hydrogen-bond donors (Lipinski definition) is 1. The number of anilines is 1. The topological polar surface area (TPSA) is 106 Å². The van der Waals surface area contributed by atoms with Crippen LogP contribution >= 0.6 is 11.3 Å². The molecule has 0 saturated carbocycles. The molecule has 1 fully saturated rings. The average molecular weight is 587 g/mol. The van der Waals surface area contributed by atoms with Crippen molar-refractivity contribution in [2.75, 3.05) is 11.5 Å². The van der Waals surface area contributed by atoms with Crippen molar-refractivity contribution in [1.29, 1.82) is 0 Å². The lowest BCUT2D eigenvalue weighted by Gasteiger charge is -2.24. The molecule has 42 heavy (non-hydrogen) atoms. The van der Waals surface area contributed by atoms with Gasteiger partial charge in [-0.05, 0) is 61.4 Å². The maximum atomic E-state index is 13.6. The Hall–Kier alpha value is -4.83. The molecule has 10 heteroatoms. The number of carbonyl (C=O) groups excluding carboxylic acids is 3. The number of nitrogens with zero attached hydrogens (tertiary/aromatic N) is 2. The maximum Gasteiger partial charge on any atom is 0.301 e. The predicted molar refractivity (Wildman–Crippen MR) is 156 cm³/mol. The summed E-state index contributed by atoms with van der Waals surface area (Å²) in [5, 5.41) is 11.4. The summed E-state index contributed by atoms with van der Waals surface area (Å²) in [5.41, 5.74) is 1.76. The molecule has 0 spiro atoms. The first-order valence-electron chi connectivity index (χ1n) is 13.2. The molecule has 1 amide bonds. The summed E-state index contributed by atoms with van der Waals surface area (Å²) in [7, 11) is 0. The molecule has 1 aliphatic heterocycles. The van der Waals surface area contributed by atoms with Crippen molar-refractivity contribution in [3.05, 3.63) is 111 Å². The van der Waals surface area contributed by atoms with Gasteiger partial charge in [0.1, 0.15) is 18.2 Å². The number of thiazole rings is 1. The Kier molecular flexibility index (Phi) is 8.17. The van der Waals surface area contributed by atoms with E-state index in [1.807, 2.05) is 37.3 Å². The van der Waals surface area contributed by atoms with E-state index in [1.54, 1.807) is 25.1 Å². The van der Waals surface area contributed by atoms with Gasteiger partial charge in [-0.15, -0.1) is 0 Å².